The molecule has 0 spiro atoms. The Labute approximate surface area is 220 Å². The van der Waals surface area contributed by atoms with Gasteiger partial charge in [0, 0.05) is 11.5 Å². The van der Waals surface area contributed by atoms with Crippen LogP contribution in [-0.4, -0.2) is 42.6 Å². The number of carboxylic acid groups (broad SMARTS) is 1. The Morgan fingerprint density at radius 3 is 2.55 bits per heavy atom. The molecule has 206 valence electrons. The maximum absolute atomic E-state index is 12.6. The molecule has 0 amide bonds. The molecule has 3 aliphatic rings. The number of hydrogen-bond donors (Lipinski definition) is 2. The smallest absolute Gasteiger partial charge is 0.475 e. The molecule has 38 heavy (non-hydrogen) atoms. The van der Waals surface area contributed by atoms with Crippen molar-refractivity contribution in [3.63, 3.8) is 0 Å². The second-order valence-electron chi connectivity index (χ2n) is 10.2. The Balaban J connectivity index is 0.000000426. The fraction of sp³-hybridized carbons (Fsp3) is 0.517. The highest BCUT2D eigenvalue weighted by Crippen LogP contribution is 2.54. The molecule has 1 saturated carbocycles. The average Bonchev–Trinajstić information content (AvgIpc) is 2.90. The highest BCUT2D eigenvalue weighted by molar-refractivity contribution is 5.78. The van der Waals surface area contributed by atoms with Crippen molar-refractivity contribution in [1.29, 1.82) is 0 Å². The van der Waals surface area contributed by atoms with Crippen LogP contribution in [0.5, 0.6) is 5.75 Å². The quantitative estimate of drug-likeness (QED) is 0.364. The Kier molecular flexibility index (Phi) is 8.65. The predicted molar refractivity (Wildman–Crippen MR) is 135 cm³/mol. The van der Waals surface area contributed by atoms with E-state index in [1.807, 2.05) is 43.3 Å². The Morgan fingerprint density at radius 1 is 1.13 bits per heavy atom. The lowest BCUT2D eigenvalue weighted by atomic mass is 9.53. The number of carboxylic acids is 1. The van der Waals surface area contributed by atoms with E-state index in [9.17, 15) is 18.0 Å². The van der Waals surface area contributed by atoms with E-state index in [4.69, 9.17) is 19.4 Å². The average molecular weight is 534 g/mol. The van der Waals surface area contributed by atoms with Crippen LogP contribution in [-0.2, 0) is 26.2 Å². The minimum Gasteiger partial charge on any atom is -0.475 e. The largest absolute Gasteiger partial charge is 0.490 e. The fourth-order valence-corrected chi connectivity index (χ4v) is 6.47. The number of rotatable bonds is 6. The third-order valence-electron chi connectivity index (χ3n) is 8.18. The summed E-state index contributed by atoms with van der Waals surface area (Å²) in [6, 6.07) is 17.0. The van der Waals surface area contributed by atoms with Crippen LogP contribution in [0.1, 0.15) is 68.1 Å². The highest BCUT2D eigenvalue weighted by atomic mass is 19.4. The Morgan fingerprint density at radius 2 is 1.87 bits per heavy atom. The number of ether oxygens (including phenoxy) is 2. The molecule has 1 heterocycles. The van der Waals surface area contributed by atoms with Crippen molar-refractivity contribution in [1.82, 2.24) is 5.32 Å². The fourth-order valence-electron chi connectivity index (χ4n) is 6.47. The molecule has 1 saturated heterocycles. The van der Waals surface area contributed by atoms with Gasteiger partial charge >= 0.3 is 18.1 Å². The van der Waals surface area contributed by atoms with E-state index in [2.05, 4.69) is 17.4 Å². The van der Waals surface area contributed by atoms with Crippen molar-refractivity contribution >= 4 is 11.9 Å². The number of piperidine rings is 1. The van der Waals surface area contributed by atoms with Crippen LogP contribution in [0.2, 0.25) is 0 Å². The molecule has 0 radical (unpaired) electrons. The van der Waals surface area contributed by atoms with Gasteiger partial charge in [-0.1, -0.05) is 56.2 Å². The zero-order chi connectivity index (χ0) is 27.3. The number of benzene rings is 2. The van der Waals surface area contributed by atoms with Gasteiger partial charge in [-0.2, -0.15) is 13.2 Å². The molecule has 2 N–H and O–H groups in total. The van der Waals surface area contributed by atoms with E-state index in [-0.39, 0.29) is 18.7 Å². The molecule has 2 bridgehead atoms. The van der Waals surface area contributed by atoms with E-state index >= 15 is 0 Å². The molecule has 1 unspecified atom stereocenters. The number of aliphatic carboxylic acids is 1. The van der Waals surface area contributed by atoms with E-state index in [0.29, 0.717) is 17.9 Å². The normalized spacial score (nSPS) is 24.5. The third-order valence-corrected chi connectivity index (χ3v) is 8.18. The summed E-state index contributed by atoms with van der Waals surface area (Å²) in [6.45, 7) is 3.08. The number of esters is 1. The minimum absolute atomic E-state index is 0.0401. The topological polar surface area (TPSA) is 84.9 Å². The minimum atomic E-state index is -5.08. The number of alkyl halides is 3. The van der Waals surface area contributed by atoms with Gasteiger partial charge in [-0.25, -0.2) is 4.79 Å². The standard InChI is InChI=1S/C27H33NO3.C2HF3O2/c1-2-22(19-8-4-3-5-9-19)26(29)31-18-30-21-12-11-20-16-25-23-10-6-7-13-27(23,14-15-28-25)24(20)17-21;3-2(4,5)1(6)7/h3-5,8-9,11-12,17,22-23,25,28H,2,6-7,10,13-16,18H2,1H3;(H,6,7)/t22?,23-,25-,27+;/m1./s1. The van der Waals surface area contributed by atoms with Crippen molar-refractivity contribution in [3.05, 3.63) is 65.2 Å². The van der Waals surface area contributed by atoms with Crippen LogP contribution < -0.4 is 10.1 Å². The van der Waals surface area contributed by atoms with E-state index in [0.717, 1.165) is 30.2 Å². The van der Waals surface area contributed by atoms with Crippen LogP contribution in [0, 0.1) is 5.92 Å². The third kappa shape index (κ3) is 5.98. The molecule has 1 aliphatic heterocycles. The molecular formula is C29H34F3NO5. The van der Waals surface area contributed by atoms with Crippen molar-refractivity contribution < 1.29 is 37.3 Å². The van der Waals surface area contributed by atoms with Gasteiger partial charge in [0.2, 0.25) is 6.79 Å². The summed E-state index contributed by atoms with van der Waals surface area (Å²) in [5.74, 6) is -1.67. The second kappa shape index (κ2) is 11.8. The Bertz CT molecular complexity index is 1120. The van der Waals surface area contributed by atoms with Gasteiger partial charge in [0.25, 0.3) is 0 Å². The summed E-state index contributed by atoms with van der Waals surface area (Å²) in [6.07, 6.45) is 3.26. The molecule has 2 aromatic carbocycles. The SMILES string of the molecule is CCC(C(=O)OCOc1ccc2c(c1)[C@]13CCCC[C@@H]1[C@@H](C2)NCC3)c1ccccc1.O=C(O)C(F)(F)F. The summed E-state index contributed by atoms with van der Waals surface area (Å²) in [7, 11) is 0. The van der Waals surface area contributed by atoms with E-state index in [1.54, 1.807) is 0 Å². The molecule has 4 atom stereocenters. The Hall–Kier alpha value is -3.07. The van der Waals surface area contributed by atoms with Gasteiger partial charge in [-0.15, -0.1) is 0 Å². The van der Waals surface area contributed by atoms with E-state index in [1.165, 1.54) is 43.2 Å². The summed E-state index contributed by atoms with van der Waals surface area (Å²) in [5, 5.41) is 10.9. The number of hydrogen-bond acceptors (Lipinski definition) is 5. The summed E-state index contributed by atoms with van der Waals surface area (Å²) in [5.41, 5.74) is 4.26. The van der Waals surface area contributed by atoms with Crippen molar-refractivity contribution in [2.24, 2.45) is 5.92 Å². The first-order valence-corrected chi connectivity index (χ1v) is 13.2. The number of fused-ring (bicyclic) bond motifs is 1. The van der Waals surface area contributed by atoms with Crippen molar-refractivity contribution in [3.8, 4) is 5.75 Å². The monoisotopic (exact) mass is 533 g/mol. The van der Waals surface area contributed by atoms with Crippen LogP contribution in [0.4, 0.5) is 13.2 Å². The first kappa shape index (κ1) is 28.0. The zero-order valence-corrected chi connectivity index (χ0v) is 21.4. The summed E-state index contributed by atoms with van der Waals surface area (Å²) < 4.78 is 43.2. The molecule has 2 fully saturated rings. The van der Waals surface area contributed by atoms with Gasteiger partial charge < -0.3 is 19.9 Å². The van der Waals surface area contributed by atoms with Crippen molar-refractivity contribution in [2.45, 2.75) is 75.4 Å². The summed E-state index contributed by atoms with van der Waals surface area (Å²) in [4.78, 5) is 21.5. The molecule has 2 aliphatic carbocycles. The lowest BCUT2D eigenvalue weighted by Crippen LogP contribution is -2.59. The molecule has 0 aromatic heterocycles. The van der Waals surface area contributed by atoms with Gasteiger partial charge in [0.15, 0.2) is 0 Å². The van der Waals surface area contributed by atoms with Gasteiger partial charge in [0.1, 0.15) is 5.75 Å². The van der Waals surface area contributed by atoms with Crippen molar-refractivity contribution in [2.75, 3.05) is 13.3 Å². The number of carbonyl (C=O) groups is 2. The van der Waals surface area contributed by atoms with Crippen LogP contribution in [0.3, 0.4) is 0 Å². The molecule has 5 rings (SSSR count). The maximum Gasteiger partial charge on any atom is 0.490 e. The molecule has 6 nitrogen and oxygen atoms in total. The number of carbonyl (C=O) groups excluding carboxylic acids is 1. The first-order valence-electron chi connectivity index (χ1n) is 13.2. The van der Waals surface area contributed by atoms with Crippen LogP contribution in [0.15, 0.2) is 48.5 Å². The number of nitrogens with one attached hydrogen (secondary N) is 1. The number of halogens is 3. The summed E-state index contributed by atoms with van der Waals surface area (Å²) >= 11 is 0. The van der Waals surface area contributed by atoms with Crippen LogP contribution in [0.25, 0.3) is 0 Å². The van der Waals surface area contributed by atoms with Crippen LogP contribution >= 0.6 is 0 Å². The highest BCUT2D eigenvalue weighted by Gasteiger charge is 2.51. The van der Waals surface area contributed by atoms with Gasteiger partial charge in [-0.05, 0) is 73.4 Å². The molecular weight excluding hydrogens is 499 g/mol. The zero-order valence-electron chi connectivity index (χ0n) is 21.4. The lowest BCUT2D eigenvalue weighted by Gasteiger charge is -2.56. The predicted octanol–water partition coefficient (Wildman–Crippen LogP) is 5.74. The first-order chi connectivity index (χ1) is 18.2. The van der Waals surface area contributed by atoms with E-state index < -0.39 is 12.1 Å². The lowest BCUT2D eigenvalue weighted by molar-refractivity contribution is -0.192. The van der Waals surface area contributed by atoms with Gasteiger partial charge in [-0.3, -0.25) is 4.79 Å². The second-order valence-corrected chi connectivity index (χ2v) is 10.2. The maximum atomic E-state index is 12.6. The van der Waals surface area contributed by atoms with Gasteiger partial charge in [0.05, 0.1) is 5.92 Å². The molecule has 2 aromatic rings. The molecule has 9 heteroatoms.